The van der Waals surface area contributed by atoms with Gasteiger partial charge < -0.3 is 0 Å². The summed E-state index contributed by atoms with van der Waals surface area (Å²) in [4.78, 5) is 48.8. The zero-order valence-corrected chi connectivity index (χ0v) is 15.7. The normalized spacial score (nSPS) is 28.8. The molecule has 1 aromatic carbocycles. The minimum absolute atomic E-state index is 0.00219. The van der Waals surface area contributed by atoms with Gasteiger partial charge in [-0.2, -0.15) is 0 Å². The fraction of sp³-hybridized carbons (Fsp3) is 0.474. The molecule has 2 atom stereocenters. The number of hydrogen-bond acceptors (Lipinski definition) is 4. The highest BCUT2D eigenvalue weighted by Crippen LogP contribution is 2.52. The van der Waals surface area contributed by atoms with Gasteiger partial charge >= 0.3 is 0 Å². The van der Waals surface area contributed by atoms with Gasteiger partial charge in [-0.05, 0) is 36.3 Å². The fourth-order valence-corrected chi connectivity index (χ4v) is 5.30. The highest BCUT2D eigenvalue weighted by Gasteiger charge is 2.50. The summed E-state index contributed by atoms with van der Waals surface area (Å²) in [7, 11) is 0. The first-order valence-electron chi connectivity index (χ1n) is 8.70. The average Bonchev–Trinajstić information content (AvgIpc) is 3.26. The lowest BCUT2D eigenvalue weighted by atomic mass is 9.73. The van der Waals surface area contributed by atoms with Crippen LogP contribution in [0.5, 0.6) is 0 Å². The first-order valence-corrected chi connectivity index (χ1v) is 9.46. The van der Waals surface area contributed by atoms with E-state index in [2.05, 4.69) is 0 Å². The molecule has 0 bridgehead atoms. The molecule has 1 aromatic rings. The molecule has 2 amide bonds. The second-order valence-electron chi connectivity index (χ2n) is 7.65. The minimum Gasteiger partial charge on any atom is -0.293 e. The van der Waals surface area contributed by atoms with Crippen LogP contribution in [0.4, 0.5) is 0 Å². The molecule has 3 aliphatic rings. The Labute approximate surface area is 160 Å². The highest BCUT2D eigenvalue weighted by molar-refractivity contribution is 6.51. The highest BCUT2D eigenvalue weighted by atomic mass is 35.5. The molecule has 4 rings (SSSR count). The van der Waals surface area contributed by atoms with Crippen LogP contribution in [0, 0.1) is 11.3 Å². The molecule has 1 aliphatic heterocycles. The maximum atomic E-state index is 13.1. The van der Waals surface area contributed by atoms with E-state index in [1.165, 1.54) is 0 Å². The van der Waals surface area contributed by atoms with E-state index >= 15 is 0 Å². The van der Waals surface area contributed by atoms with E-state index in [0.29, 0.717) is 23.5 Å². The number of fused-ring (bicyclic) bond motifs is 1. The van der Waals surface area contributed by atoms with Crippen LogP contribution < -0.4 is 5.32 Å². The van der Waals surface area contributed by atoms with E-state index in [1.807, 2.05) is 12.2 Å². The van der Waals surface area contributed by atoms with Gasteiger partial charge in [0, 0.05) is 11.0 Å². The van der Waals surface area contributed by atoms with E-state index in [1.54, 1.807) is 6.07 Å². The topological polar surface area (TPSA) is 80.3 Å². The molecule has 1 N–H and O–H groups in total. The van der Waals surface area contributed by atoms with Crippen molar-refractivity contribution in [2.75, 3.05) is 0 Å². The molecule has 1 saturated carbocycles. The van der Waals surface area contributed by atoms with Gasteiger partial charge in [0.2, 0.25) is 11.7 Å². The number of amides is 2. The predicted octanol–water partition coefficient (Wildman–Crippen LogP) is 3.24. The number of halogens is 2. The van der Waals surface area contributed by atoms with Crippen molar-refractivity contribution in [1.82, 2.24) is 5.32 Å². The average molecular weight is 394 g/mol. The molecule has 2 fully saturated rings. The van der Waals surface area contributed by atoms with Gasteiger partial charge in [-0.15, -0.1) is 0 Å². The molecule has 0 radical (unpaired) electrons. The van der Waals surface area contributed by atoms with Crippen molar-refractivity contribution in [2.45, 2.75) is 44.9 Å². The molecule has 26 heavy (non-hydrogen) atoms. The van der Waals surface area contributed by atoms with Gasteiger partial charge in [0.1, 0.15) is 5.92 Å². The van der Waals surface area contributed by atoms with Crippen molar-refractivity contribution in [3.8, 4) is 0 Å². The SMILES string of the molecule is CC1(C2CCCC2)Cc2cc(C3C(=O)NC(=O)C3=O)c(Cl)c(Cl)c2C1=O. The third-order valence-corrected chi connectivity index (χ3v) is 7.05. The van der Waals surface area contributed by atoms with Crippen LogP contribution in [-0.4, -0.2) is 23.4 Å². The van der Waals surface area contributed by atoms with Crippen LogP contribution in [0.3, 0.4) is 0 Å². The Morgan fingerprint density at radius 1 is 1.08 bits per heavy atom. The van der Waals surface area contributed by atoms with Crippen molar-refractivity contribution in [3.05, 3.63) is 32.8 Å². The second kappa shape index (κ2) is 5.89. The fourth-order valence-electron chi connectivity index (χ4n) is 4.73. The monoisotopic (exact) mass is 393 g/mol. The summed E-state index contributed by atoms with van der Waals surface area (Å²) in [5.74, 6) is -3.53. The van der Waals surface area contributed by atoms with E-state index < -0.39 is 28.9 Å². The van der Waals surface area contributed by atoms with Crippen LogP contribution in [0.1, 0.15) is 60.0 Å². The Bertz CT molecular complexity index is 888. The molecule has 7 heteroatoms. The zero-order chi connectivity index (χ0) is 18.8. The van der Waals surface area contributed by atoms with Crippen LogP contribution in [0.25, 0.3) is 0 Å². The van der Waals surface area contributed by atoms with Gasteiger partial charge in [0.15, 0.2) is 5.78 Å². The van der Waals surface area contributed by atoms with Gasteiger partial charge in [-0.1, -0.05) is 49.0 Å². The zero-order valence-electron chi connectivity index (χ0n) is 14.2. The smallest absolute Gasteiger partial charge is 0.293 e. The summed E-state index contributed by atoms with van der Waals surface area (Å²) in [6, 6.07) is 1.61. The lowest BCUT2D eigenvalue weighted by Crippen LogP contribution is -2.32. The molecule has 2 aliphatic carbocycles. The van der Waals surface area contributed by atoms with E-state index in [0.717, 1.165) is 25.7 Å². The molecular weight excluding hydrogens is 377 g/mol. The number of ketones is 2. The molecule has 0 aromatic heterocycles. The Morgan fingerprint density at radius 2 is 1.73 bits per heavy atom. The molecule has 1 saturated heterocycles. The number of rotatable bonds is 2. The summed E-state index contributed by atoms with van der Waals surface area (Å²) < 4.78 is 0. The van der Waals surface area contributed by atoms with Crippen molar-refractivity contribution in [2.24, 2.45) is 11.3 Å². The number of Topliss-reactive ketones (excluding diaryl/α,β-unsaturated/α-hetero) is 2. The van der Waals surface area contributed by atoms with Crippen LogP contribution in [0.2, 0.25) is 10.0 Å². The number of hydrogen-bond donors (Lipinski definition) is 1. The summed E-state index contributed by atoms with van der Waals surface area (Å²) in [5.41, 5.74) is 0.760. The van der Waals surface area contributed by atoms with Crippen molar-refractivity contribution in [3.63, 3.8) is 0 Å². The quantitative estimate of drug-likeness (QED) is 0.475. The number of benzene rings is 1. The largest absolute Gasteiger partial charge is 0.295 e. The Hall–Kier alpha value is -1.72. The molecular formula is C19H17Cl2NO4. The Morgan fingerprint density at radius 3 is 2.31 bits per heavy atom. The van der Waals surface area contributed by atoms with Crippen molar-refractivity contribution < 1.29 is 19.2 Å². The third kappa shape index (κ3) is 2.30. The lowest BCUT2D eigenvalue weighted by Gasteiger charge is -2.29. The van der Waals surface area contributed by atoms with Gasteiger partial charge in [-0.3, -0.25) is 24.5 Å². The molecule has 136 valence electrons. The van der Waals surface area contributed by atoms with Crippen LogP contribution in [0.15, 0.2) is 6.07 Å². The van der Waals surface area contributed by atoms with E-state index in [4.69, 9.17) is 23.2 Å². The van der Waals surface area contributed by atoms with Gasteiger partial charge in [0.05, 0.1) is 10.0 Å². The molecule has 2 unspecified atom stereocenters. The van der Waals surface area contributed by atoms with Gasteiger partial charge in [-0.25, -0.2) is 0 Å². The van der Waals surface area contributed by atoms with Crippen LogP contribution in [-0.2, 0) is 20.8 Å². The summed E-state index contributed by atoms with van der Waals surface area (Å²) in [6.45, 7) is 1.96. The minimum atomic E-state index is -1.30. The number of carbonyl (C=O) groups excluding carboxylic acids is 4. The first-order chi connectivity index (χ1) is 12.3. The Kier molecular flexibility index (Phi) is 4.01. The maximum Gasteiger partial charge on any atom is 0.295 e. The number of imide groups is 1. The lowest BCUT2D eigenvalue weighted by molar-refractivity contribution is -0.135. The predicted molar refractivity (Wildman–Crippen MR) is 95.5 cm³/mol. The van der Waals surface area contributed by atoms with E-state index in [-0.39, 0.29) is 21.4 Å². The van der Waals surface area contributed by atoms with Gasteiger partial charge in [0.25, 0.3) is 5.91 Å². The molecule has 1 heterocycles. The van der Waals surface area contributed by atoms with Crippen molar-refractivity contribution >= 4 is 46.6 Å². The summed E-state index contributed by atoms with van der Waals surface area (Å²) in [6.07, 6.45) is 4.75. The van der Waals surface area contributed by atoms with E-state index in [9.17, 15) is 19.2 Å². The number of nitrogens with one attached hydrogen (secondary N) is 1. The standard InChI is InChI=1S/C19H17Cl2NO4/c1-19(9-4-2-3-5-9)7-8-6-10(12-15(23)18(26)22-17(12)25)13(20)14(21)11(8)16(19)24/h6,9,12H,2-5,7H2,1H3,(H,22,25,26). The van der Waals surface area contributed by atoms with Crippen molar-refractivity contribution in [1.29, 1.82) is 0 Å². The molecule has 5 nitrogen and oxygen atoms in total. The summed E-state index contributed by atoms with van der Waals surface area (Å²) in [5, 5.41) is 2.08. The Balaban J connectivity index is 1.81. The first kappa shape index (κ1) is 17.7. The number of carbonyl (C=O) groups is 4. The third-order valence-electron chi connectivity index (χ3n) is 6.17. The summed E-state index contributed by atoms with van der Waals surface area (Å²) >= 11 is 12.7. The maximum absolute atomic E-state index is 13.1. The van der Waals surface area contributed by atoms with Crippen LogP contribution >= 0.6 is 23.2 Å². The second-order valence-corrected chi connectivity index (χ2v) is 8.40. The molecule has 0 spiro atoms.